The molecule has 2 amide bonds. The molecule has 17 heavy (non-hydrogen) atoms. The molecule has 0 aromatic rings. The van der Waals surface area contributed by atoms with Crippen LogP contribution in [0, 0.1) is 0 Å². The van der Waals surface area contributed by atoms with Gasteiger partial charge in [-0.3, -0.25) is 4.90 Å². The molecule has 0 spiro atoms. The Kier molecular flexibility index (Phi) is 6.00. The zero-order valence-corrected chi connectivity index (χ0v) is 11.0. The van der Waals surface area contributed by atoms with E-state index < -0.39 is 0 Å². The highest BCUT2D eigenvalue weighted by Gasteiger charge is 2.20. The monoisotopic (exact) mass is 240 g/mol. The van der Waals surface area contributed by atoms with Crippen LogP contribution in [0.3, 0.4) is 0 Å². The van der Waals surface area contributed by atoms with Gasteiger partial charge in [-0.25, -0.2) is 4.79 Å². The molecule has 0 aliphatic carbocycles. The van der Waals surface area contributed by atoms with Gasteiger partial charge in [0.2, 0.25) is 0 Å². The highest BCUT2D eigenvalue weighted by Crippen LogP contribution is 2.01. The average Bonchev–Trinajstić information content (AvgIpc) is 2.34. The molecule has 0 bridgehead atoms. The predicted molar refractivity (Wildman–Crippen MR) is 70.2 cm³/mol. The van der Waals surface area contributed by atoms with Gasteiger partial charge in [-0.1, -0.05) is 6.08 Å². The van der Waals surface area contributed by atoms with Crippen molar-refractivity contribution >= 4 is 6.03 Å². The first kappa shape index (κ1) is 14.0. The van der Waals surface area contributed by atoms with E-state index in [0.29, 0.717) is 6.54 Å². The molecule has 1 aliphatic rings. The van der Waals surface area contributed by atoms with E-state index in [0.717, 1.165) is 39.3 Å². The summed E-state index contributed by atoms with van der Waals surface area (Å²) < 4.78 is 0. The Labute approximate surface area is 104 Å². The summed E-state index contributed by atoms with van der Waals surface area (Å²) >= 11 is 0. The molecule has 98 valence electrons. The molecular weight excluding hydrogens is 216 g/mol. The van der Waals surface area contributed by atoms with Gasteiger partial charge in [0.15, 0.2) is 0 Å². The first-order chi connectivity index (χ1) is 8.13. The minimum atomic E-state index is 0.0251. The standard InChI is InChI=1S/C12H24N4O/c1-4-5-13-12(17)16-10-8-15(9-11-16)7-6-14(2)3/h4H,1,5-11H2,2-3H3,(H,13,17). The second kappa shape index (κ2) is 7.29. The highest BCUT2D eigenvalue weighted by atomic mass is 16.2. The van der Waals surface area contributed by atoms with E-state index in [1.165, 1.54) is 0 Å². The summed E-state index contributed by atoms with van der Waals surface area (Å²) in [6.45, 7) is 9.84. The van der Waals surface area contributed by atoms with Crippen molar-refractivity contribution < 1.29 is 4.79 Å². The minimum absolute atomic E-state index is 0.0251. The molecule has 0 radical (unpaired) electrons. The highest BCUT2D eigenvalue weighted by molar-refractivity contribution is 5.74. The number of rotatable bonds is 5. The predicted octanol–water partition coefficient (Wildman–Crippen LogP) is 0.0612. The number of piperazine rings is 1. The number of hydrogen-bond acceptors (Lipinski definition) is 3. The second-order valence-corrected chi connectivity index (χ2v) is 4.61. The number of likely N-dealkylation sites (N-methyl/N-ethyl adjacent to an activating group) is 1. The fraction of sp³-hybridized carbons (Fsp3) is 0.750. The molecule has 0 aromatic heterocycles. The summed E-state index contributed by atoms with van der Waals surface area (Å²) in [5.41, 5.74) is 0. The van der Waals surface area contributed by atoms with E-state index in [1.54, 1.807) is 6.08 Å². The van der Waals surface area contributed by atoms with Crippen molar-refractivity contribution in [3.8, 4) is 0 Å². The number of urea groups is 1. The number of carbonyl (C=O) groups excluding carboxylic acids is 1. The summed E-state index contributed by atoms with van der Waals surface area (Å²) in [6, 6.07) is 0.0251. The topological polar surface area (TPSA) is 38.8 Å². The van der Waals surface area contributed by atoms with E-state index in [1.807, 2.05) is 4.90 Å². The van der Waals surface area contributed by atoms with Gasteiger partial charge in [0.1, 0.15) is 0 Å². The molecule has 1 saturated heterocycles. The number of nitrogens with one attached hydrogen (secondary N) is 1. The van der Waals surface area contributed by atoms with Crippen LogP contribution in [0.25, 0.3) is 0 Å². The fourth-order valence-electron chi connectivity index (χ4n) is 1.79. The summed E-state index contributed by atoms with van der Waals surface area (Å²) in [5, 5.41) is 2.81. The summed E-state index contributed by atoms with van der Waals surface area (Å²) in [5.74, 6) is 0. The largest absolute Gasteiger partial charge is 0.335 e. The Morgan fingerprint density at radius 2 is 2.00 bits per heavy atom. The van der Waals surface area contributed by atoms with Gasteiger partial charge in [-0.15, -0.1) is 6.58 Å². The smallest absolute Gasteiger partial charge is 0.317 e. The van der Waals surface area contributed by atoms with Crippen LogP contribution in [0.15, 0.2) is 12.7 Å². The maximum absolute atomic E-state index is 11.7. The second-order valence-electron chi connectivity index (χ2n) is 4.61. The molecule has 5 nitrogen and oxygen atoms in total. The molecule has 0 atom stereocenters. The molecule has 1 aliphatic heterocycles. The van der Waals surface area contributed by atoms with Crippen molar-refractivity contribution in [2.75, 3.05) is 59.9 Å². The Bertz CT molecular complexity index is 247. The Morgan fingerprint density at radius 3 is 2.53 bits per heavy atom. The number of carbonyl (C=O) groups is 1. The van der Waals surface area contributed by atoms with E-state index in [4.69, 9.17) is 0 Å². The van der Waals surface area contributed by atoms with Gasteiger partial charge in [-0.2, -0.15) is 0 Å². The lowest BCUT2D eigenvalue weighted by molar-refractivity contribution is 0.134. The lowest BCUT2D eigenvalue weighted by atomic mass is 10.3. The van der Waals surface area contributed by atoms with Gasteiger partial charge < -0.3 is 15.1 Å². The van der Waals surface area contributed by atoms with E-state index in [2.05, 4.69) is 35.8 Å². The van der Waals surface area contributed by atoms with Crippen LogP contribution in [0.1, 0.15) is 0 Å². The molecule has 1 heterocycles. The molecule has 1 rings (SSSR count). The van der Waals surface area contributed by atoms with E-state index >= 15 is 0 Å². The maximum atomic E-state index is 11.7. The first-order valence-electron chi connectivity index (χ1n) is 6.14. The van der Waals surface area contributed by atoms with Crippen LogP contribution < -0.4 is 5.32 Å². The zero-order chi connectivity index (χ0) is 12.7. The summed E-state index contributed by atoms with van der Waals surface area (Å²) in [7, 11) is 4.16. The normalized spacial score (nSPS) is 17.2. The van der Waals surface area contributed by atoms with Crippen molar-refractivity contribution in [2.24, 2.45) is 0 Å². The van der Waals surface area contributed by atoms with Gasteiger partial charge in [-0.05, 0) is 14.1 Å². The molecule has 0 aromatic carbocycles. The average molecular weight is 240 g/mol. The lowest BCUT2D eigenvalue weighted by Gasteiger charge is -2.35. The maximum Gasteiger partial charge on any atom is 0.317 e. The van der Waals surface area contributed by atoms with Gasteiger partial charge >= 0.3 is 6.03 Å². The summed E-state index contributed by atoms with van der Waals surface area (Å²) in [6.07, 6.45) is 1.70. The van der Waals surface area contributed by atoms with Crippen LogP contribution in [-0.2, 0) is 0 Å². The molecule has 1 N–H and O–H groups in total. The van der Waals surface area contributed by atoms with Crippen LogP contribution in [0.4, 0.5) is 4.79 Å². The Morgan fingerprint density at radius 1 is 1.35 bits per heavy atom. The Hall–Kier alpha value is -1.07. The fourth-order valence-corrected chi connectivity index (χ4v) is 1.79. The molecule has 5 heteroatoms. The van der Waals surface area contributed by atoms with Crippen LogP contribution >= 0.6 is 0 Å². The van der Waals surface area contributed by atoms with Crippen molar-refractivity contribution in [1.29, 1.82) is 0 Å². The van der Waals surface area contributed by atoms with Gasteiger partial charge in [0.25, 0.3) is 0 Å². The zero-order valence-electron chi connectivity index (χ0n) is 11.0. The third-order valence-corrected chi connectivity index (χ3v) is 2.92. The minimum Gasteiger partial charge on any atom is -0.335 e. The number of hydrogen-bond donors (Lipinski definition) is 1. The third-order valence-electron chi connectivity index (χ3n) is 2.92. The van der Waals surface area contributed by atoms with Crippen LogP contribution in [0.5, 0.6) is 0 Å². The van der Waals surface area contributed by atoms with Crippen molar-refractivity contribution in [1.82, 2.24) is 20.0 Å². The quantitative estimate of drug-likeness (QED) is 0.691. The van der Waals surface area contributed by atoms with Crippen molar-refractivity contribution in [3.05, 3.63) is 12.7 Å². The van der Waals surface area contributed by atoms with Crippen molar-refractivity contribution in [2.45, 2.75) is 0 Å². The molecular formula is C12H24N4O. The van der Waals surface area contributed by atoms with E-state index in [9.17, 15) is 4.79 Å². The van der Waals surface area contributed by atoms with E-state index in [-0.39, 0.29) is 6.03 Å². The third kappa shape index (κ3) is 5.19. The van der Waals surface area contributed by atoms with Crippen LogP contribution in [-0.4, -0.2) is 80.6 Å². The molecule has 0 saturated carbocycles. The SMILES string of the molecule is C=CCNC(=O)N1CCN(CCN(C)C)CC1. The Balaban J connectivity index is 2.20. The number of amides is 2. The van der Waals surface area contributed by atoms with Crippen molar-refractivity contribution in [3.63, 3.8) is 0 Å². The number of nitrogens with zero attached hydrogens (tertiary/aromatic N) is 3. The summed E-state index contributed by atoms with van der Waals surface area (Å²) in [4.78, 5) is 18.1. The van der Waals surface area contributed by atoms with Gasteiger partial charge in [0, 0.05) is 45.8 Å². The van der Waals surface area contributed by atoms with Gasteiger partial charge in [0.05, 0.1) is 0 Å². The lowest BCUT2D eigenvalue weighted by Crippen LogP contribution is -2.52. The first-order valence-corrected chi connectivity index (χ1v) is 6.14. The molecule has 0 unspecified atom stereocenters. The molecule has 1 fully saturated rings. The van der Waals surface area contributed by atoms with Crippen LogP contribution in [0.2, 0.25) is 0 Å².